The van der Waals surface area contributed by atoms with Gasteiger partial charge in [0.25, 0.3) is 0 Å². The van der Waals surface area contributed by atoms with Gasteiger partial charge in [-0.1, -0.05) is 30.6 Å². The van der Waals surface area contributed by atoms with Crippen LogP contribution in [0.3, 0.4) is 0 Å². The maximum absolute atomic E-state index is 13.6. The smallest absolute Gasteiger partial charge is 0.326 e. The summed E-state index contributed by atoms with van der Waals surface area (Å²) in [5, 5.41) is 12.4. The van der Waals surface area contributed by atoms with Crippen molar-refractivity contribution in [2.24, 2.45) is 11.8 Å². The molecule has 0 saturated heterocycles. The fourth-order valence-corrected chi connectivity index (χ4v) is 7.34. The fourth-order valence-electron chi connectivity index (χ4n) is 5.47. The highest BCUT2D eigenvalue weighted by molar-refractivity contribution is 8.01. The van der Waals surface area contributed by atoms with Crippen LogP contribution < -0.4 is 5.32 Å². The van der Waals surface area contributed by atoms with Crippen LogP contribution in [0.2, 0.25) is 0 Å². The Kier molecular flexibility index (Phi) is 8.00. The monoisotopic (exact) mass is 481 g/mol. The Hall–Kier alpha value is -1.32. The van der Waals surface area contributed by atoms with E-state index in [1.807, 2.05) is 4.90 Å². The minimum absolute atomic E-state index is 0.109. The standard InChI is InChI=1S/C23H35N3O4S2/c1-30-23(12-9-17(10-13-23)16-7-8-16)26(18-5-3-2-4-6-18)22(29)25-21-24-15-20(32-21)31-14-11-19(27)28/h15-18H,2-14H2,1H3,(H,27,28)(H,24,25,29)/t17-,23+. The third-order valence-electron chi connectivity index (χ3n) is 7.34. The average molecular weight is 482 g/mol. The Morgan fingerprint density at radius 3 is 2.50 bits per heavy atom. The summed E-state index contributed by atoms with van der Waals surface area (Å²) in [6, 6.07) is 0.0885. The zero-order chi connectivity index (χ0) is 22.6. The summed E-state index contributed by atoms with van der Waals surface area (Å²) in [4.78, 5) is 30.8. The van der Waals surface area contributed by atoms with E-state index >= 15 is 0 Å². The van der Waals surface area contributed by atoms with Crippen LogP contribution in [0.25, 0.3) is 0 Å². The number of aliphatic carboxylic acids is 1. The van der Waals surface area contributed by atoms with Crippen LogP contribution in [-0.4, -0.2) is 51.6 Å². The molecule has 1 aromatic heterocycles. The molecule has 4 rings (SSSR count). The van der Waals surface area contributed by atoms with E-state index in [0.29, 0.717) is 10.9 Å². The molecule has 0 atom stereocenters. The van der Waals surface area contributed by atoms with E-state index in [2.05, 4.69) is 10.3 Å². The van der Waals surface area contributed by atoms with Gasteiger partial charge in [0, 0.05) is 18.9 Å². The molecule has 0 spiro atoms. The zero-order valence-electron chi connectivity index (χ0n) is 18.9. The van der Waals surface area contributed by atoms with Gasteiger partial charge >= 0.3 is 12.0 Å². The van der Waals surface area contributed by atoms with E-state index in [1.54, 1.807) is 13.3 Å². The highest BCUT2D eigenvalue weighted by atomic mass is 32.2. The summed E-state index contributed by atoms with van der Waals surface area (Å²) >= 11 is 2.86. The van der Waals surface area contributed by atoms with Gasteiger partial charge in [0.1, 0.15) is 5.72 Å². The van der Waals surface area contributed by atoms with E-state index in [1.165, 1.54) is 42.4 Å². The number of amides is 2. The van der Waals surface area contributed by atoms with Crippen LogP contribution in [0.4, 0.5) is 9.93 Å². The van der Waals surface area contributed by atoms with Crippen molar-refractivity contribution < 1.29 is 19.4 Å². The number of thioether (sulfide) groups is 1. The summed E-state index contributed by atoms with van der Waals surface area (Å²) < 4.78 is 7.08. The SMILES string of the molecule is CO[C@]1(N(C(=O)Nc2ncc(SCCC(=O)O)s2)C2CCCCC2)CC[C@H](C2CC2)CC1. The van der Waals surface area contributed by atoms with Crippen molar-refractivity contribution in [3.05, 3.63) is 6.20 Å². The molecule has 1 aromatic rings. The quantitative estimate of drug-likeness (QED) is 0.341. The Balaban J connectivity index is 1.45. The number of rotatable bonds is 9. The molecule has 0 unspecified atom stereocenters. The Morgan fingerprint density at radius 1 is 1.19 bits per heavy atom. The number of anilines is 1. The number of carboxylic acid groups (broad SMARTS) is 1. The zero-order valence-corrected chi connectivity index (χ0v) is 20.5. The van der Waals surface area contributed by atoms with Crippen LogP contribution in [0.5, 0.6) is 0 Å². The van der Waals surface area contributed by atoms with Gasteiger partial charge < -0.3 is 9.84 Å². The van der Waals surface area contributed by atoms with Gasteiger partial charge in [-0.25, -0.2) is 9.78 Å². The molecule has 3 aliphatic carbocycles. The number of carboxylic acids is 1. The minimum atomic E-state index is -0.806. The van der Waals surface area contributed by atoms with Gasteiger partial charge in [0.2, 0.25) is 0 Å². The molecule has 0 aromatic carbocycles. The lowest BCUT2D eigenvalue weighted by atomic mass is 9.79. The second-order valence-corrected chi connectivity index (χ2v) is 11.8. The molecule has 178 valence electrons. The second kappa shape index (κ2) is 10.7. The first-order valence-electron chi connectivity index (χ1n) is 12.0. The predicted molar refractivity (Wildman–Crippen MR) is 127 cm³/mol. The maximum atomic E-state index is 13.6. The summed E-state index contributed by atoms with van der Waals surface area (Å²) in [5.41, 5.74) is -0.534. The first-order chi connectivity index (χ1) is 15.5. The highest BCUT2D eigenvalue weighted by Crippen LogP contribution is 2.48. The number of thiazole rings is 1. The normalized spacial score (nSPS) is 26.6. The van der Waals surface area contributed by atoms with E-state index in [-0.39, 0.29) is 18.5 Å². The predicted octanol–water partition coefficient (Wildman–Crippen LogP) is 5.82. The number of hydrogen-bond donors (Lipinski definition) is 2. The molecule has 7 nitrogen and oxygen atoms in total. The van der Waals surface area contributed by atoms with Gasteiger partial charge in [0.15, 0.2) is 5.13 Å². The first kappa shape index (κ1) is 23.8. The summed E-state index contributed by atoms with van der Waals surface area (Å²) in [6.07, 6.45) is 14.2. The van der Waals surface area contributed by atoms with Crippen molar-refractivity contribution in [1.82, 2.24) is 9.88 Å². The van der Waals surface area contributed by atoms with Crippen LogP contribution in [0, 0.1) is 11.8 Å². The van der Waals surface area contributed by atoms with E-state index in [4.69, 9.17) is 9.84 Å². The number of carbonyl (C=O) groups excluding carboxylic acids is 1. The molecule has 2 amide bonds. The molecule has 1 heterocycles. The van der Waals surface area contributed by atoms with Crippen molar-refractivity contribution in [2.75, 3.05) is 18.2 Å². The molecule has 32 heavy (non-hydrogen) atoms. The van der Waals surface area contributed by atoms with E-state index < -0.39 is 11.7 Å². The largest absolute Gasteiger partial charge is 0.481 e. The lowest BCUT2D eigenvalue weighted by Crippen LogP contribution is -2.60. The summed E-state index contributed by atoms with van der Waals surface area (Å²) in [7, 11) is 1.77. The number of hydrogen-bond acceptors (Lipinski definition) is 6. The Morgan fingerprint density at radius 2 is 1.88 bits per heavy atom. The number of nitrogens with one attached hydrogen (secondary N) is 1. The van der Waals surface area contributed by atoms with Crippen molar-refractivity contribution in [3.63, 3.8) is 0 Å². The van der Waals surface area contributed by atoms with Crippen molar-refractivity contribution in [2.45, 2.75) is 93.0 Å². The molecule has 3 fully saturated rings. The van der Waals surface area contributed by atoms with Gasteiger partial charge in [0.05, 0.1) is 16.8 Å². The fraction of sp³-hybridized carbons (Fsp3) is 0.783. The van der Waals surface area contributed by atoms with E-state index in [0.717, 1.165) is 67.4 Å². The van der Waals surface area contributed by atoms with E-state index in [9.17, 15) is 9.59 Å². The molecule has 0 radical (unpaired) electrons. The van der Waals surface area contributed by atoms with Gasteiger partial charge in [-0.05, 0) is 63.2 Å². The summed E-state index contributed by atoms with van der Waals surface area (Å²) in [6.45, 7) is 0. The molecule has 0 aliphatic heterocycles. The molecule has 9 heteroatoms. The Bertz CT molecular complexity index is 784. The first-order valence-corrected chi connectivity index (χ1v) is 13.8. The van der Waals surface area contributed by atoms with Crippen molar-refractivity contribution in [1.29, 1.82) is 0 Å². The second-order valence-electron chi connectivity index (χ2n) is 9.39. The minimum Gasteiger partial charge on any atom is -0.481 e. The van der Waals surface area contributed by atoms with Crippen molar-refractivity contribution in [3.8, 4) is 0 Å². The maximum Gasteiger partial charge on any atom is 0.326 e. The number of urea groups is 1. The number of methoxy groups -OCH3 is 1. The molecular formula is C23H35N3O4S2. The third-order valence-corrected chi connectivity index (χ3v) is 9.45. The average Bonchev–Trinajstić information content (AvgIpc) is 3.55. The van der Waals surface area contributed by atoms with Crippen LogP contribution in [-0.2, 0) is 9.53 Å². The van der Waals surface area contributed by atoms with Crippen LogP contribution >= 0.6 is 23.1 Å². The number of carbonyl (C=O) groups is 2. The van der Waals surface area contributed by atoms with Gasteiger partial charge in [-0.2, -0.15) is 0 Å². The highest BCUT2D eigenvalue weighted by Gasteiger charge is 2.48. The number of aromatic nitrogens is 1. The molecule has 2 N–H and O–H groups in total. The number of nitrogens with zero attached hydrogens (tertiary/aromatic N) is 2. The number of ether oxygens (including phenoxy) is 1. The van der Waals surface area contributed by atoms with Crippen LogP contribution in [0.15, 0.2) is 10.4 Å². The van der Waals surface area contributed by atoms with Gasteiger partial charge in [-0.3, -0.25) is 15.0 Å². The van der Waals surface area contributed by atoms with Gasteiger partial charge in [-0.15, -0.1) is 11.8 Å². The molecule has 3 aliphatic rings. The third kappa shape index (κ3) is 5.78. The lowest BCUT2D eigenvalue weighted by molar-refractivity contribution is -0.156. The molecule has 3 saturated carbocycles. The molecule has 0 bridgehead atoms. The topological polar surface area (TPSA) is 91.8 Å². The Labute approximate surface area is 198 Å². The van der Waals surface area contributed by atoms with Crippen LogP contribution in [0.1, 0.15) is 77.0 Å². The molecular weight excluding hydrogens is 446 g/mol. The summed E-state index contributed by atoms with van der Waals surface area (Å²) in [5.74, 6) is 1.38. The van der Waals surface area contributed by atoms with Crippen molar-refractivity contribution >= 4 is 40.2 Å². The lowest BCUT2D eigenvalue weighted by Gasteiger charge is -2.50.